The molecule has 11 heteroatoms. The van der Waals surface area contributed by atoms with Crippen molar-refractivity contribution >= 4 is 73.8 Å². The van der Waals surface area contributed by atoms with Crippen molar-refractivity contribution < 1.29 is 23.9 Å². The van der Waals surface area contributed by atoms with Crippen LogP contribution >= 0.6 is 50.1 Å². The number of non-ortho nitro benzene ring substituents is 1. The topological polar surface area (TPSA) is 100 Å². The average molecular weight is 670 g/mol. The average Bonchev–Trinajstić information content (AvgIpc) is 3.17. The third-order valence-corrected chi connectivity index (χ3v) is 6.45. The van der Waals surface area contributed by atoms with Crippen LogP contribution in [0.15, 0.2) is 69.8 Å². The molecule has 0 amide bonds. The van der Waals surface area contributed by atoms with Gasteiger partial charge in [0.25, 0.3) is 5.69 Å². The maximum atomic E-state index is 12.4. The molecule has 4 rings (SSSR count). The summed E-state index contributed by atoms with van der Waals surface area (Å²) in [5.74, 6) is 0.369. The lowest BCUT2D eigenvalue weighted by Crippen LogP contribution is -2.06. The molecule has 3 aromatic carbocycles. The summed E-state index contributed by atoms with van der Waals surface area (Å²) in [5.41, 5.74) is 1.78. The number of aliphatic imine (C=N–C) groups is 1. The predicted molar refractivity (Wildman–Crippen MR) is 143 cm³/mol. The quantitative estimate of drug-likeness (QED) is 0.0931. The van der Waals surface area contributed by atoms with Gasteiger partial charge in [-0.2, -0.15) is 0 Å². The Balaban J connectivity index is 1.60. The normalized spacial score (nSPS) is 14.0. The number of rotatable bonds is 7. The molecule has 8 nitrogen and oxygen atoms in total. The molecule has 1 aliphatic rings. The Hall–Kier alpha value is -2.96. The van der Waals surface area contributed by atoms with E-state index in [1.54, 1.807) is 12.1 Å². The Morgan fingerprint density at radius 3 is 2.71 bits per heavy atom. The first-order chi connectivity index (χ1) is 16.7. The van der Waals surface area contributed by atoms with Gasteiger partial charge in [0.1, 0.15) is 6.61 Å². The molecule has 35 heavy (non-hydrogen) atoms. The predicted octanol–water partition coefficient (Wildman–Crippen LogP) is 6.55. The number of cyclic esters (lactones) is 1. The molecule has 0 saturated carbocycles. The Bertz CT molecular complexity index is 1410. The summed E-state index contributed by atoms with van der Waals surface area (Å²) in [6, 6.07) is 15.2. The molecule has 0 saturated heterocycles. The van der Waals surface area contributed by atoms with Crippen molar-refractivity contribution in [3.05, 3.63) is 100 Å². The number of benzene rings is 3. The zero-order chi connectivity index (χ0) is 25.1. The molecule has 0 spiro atoms. The molecule has 0 bridgehead atoms. The number of hydrogen-bond acceptors (Lipinski definition) is 7. The number of ether oxygens (including phenoxy) is 3. The molecule has 0 aromatic heterocycles. The van der Waals surface area contributed by atoms with Gasteiger partial charge in [0.15, 0.2) is 17.2 Å². The number of carbonyl (C=O) groups is 1. The lowest BCUT2D eigenvalue weighted by Gasteiger charge is -2.14. The van der Waals surface area contributed by atoms with Crippen LogP contribution in [0.2, 0.25) is 5.02 Å². The first-order valence-corrected chi connectivity index (χ1v) is 12.2. The Kier molecular flexibility index (Phi) is 7.72. The molecule has 1 aliphatic heterocycles. The molecule has 0 radical (unpaired) electrons. The van der Waals surface area contributed by atoms with Crippen molar-refractivity contribution in [1.29, 1.82) is 0 Å². The van der Waals surface area contributed by atoms with E-state index in [-0.39, 0.29) is 27.9 Å². The van der Waals surface area contributed by atoms with Gasteiger partial charge in [0.2, 0.25) is 5.90 Å². The number of hydrogen-bond donors (Lipinski definition) is 0. The smallest absolute Gasteiger partial charge is 0.363 e. The maximum absolute atomic E-state index is 12.4. The van der Waals surface area contributed by atoms with Crippen LogP contribution < -0.4 is 9.47 Å². The standard InChI is InChI=1S/C24H15BrClIN2O6/c1-33-21-10-14(8-19(27)22(21)34-12-13-3-2-4-15(25)7-13)9-20-24(30)35-23(28-20)17-6-5-16(29(31)32)11-18(17)26/h2-11H,12H2,1H3. The summed E-state index contributed by atoms with van der Waals surface area (Å²) in [4.78, 5) is 27.0. The minimum Gasteiger partial charge on any atom is -0.493 e. The number of nitrogens with zero attached hydrogens (tertiary/aromatic N) is 2. The highest BCUT2D eigenvalue weighted by molar-refractivity contribution is 14.1. The van der Waals surface area contributed by atoms with Crippen LogP contribution in [0.5, 0.6) is 11.5 Å². The van der Waals surface area contributed by atoms with Crippen LogP contribution in [0.3, 0.4) is 0 Å². The monoisotopic (exact) mass is 668 g/mol. The van der Waals surface area contributed by atoms with Gasteiger partial charge in [-0.3, -0.25) is 10.1 Å². The third-order valence-electron chi connectivity index (χ3n) is 4.84. The van der Waals surface area contributed by atoms with Crippen LogP contribution in [0.4, 0.5) is 5.69 Å². The summed E-state index contributed by atoms with van der Waals surface area (Å²) >= 11 is 11.7. The van der Waals surface area contributed by atoms with E-state index >= 15 is 0 Å². The largest absolute Gasteiger partial charge is 0.493 e. The van der Waals surface area contributed by atoms with Gasteiger partial charge in [-0.15, -0.1) is 0 Å². The zero-order valence-electron chi connectivity index (χ0n) is 18.0. The van der Waals surface area contributed by atoms with Crippen molar-refractivity contribution in [2.45, 2.75) is 6.61 Å². The molecule has 0 unspecified atom stereocenters. The summed E-state index contributed by atoms with van der Waals surface area (Å²) in [7, 11) is 1.53. The zero-order valence-corrected chi connectivity index (χ0v) is 22.5. The van der Waals surface area contributed by atoms with Gasteiger partial charge in [-0.05, 0) is 70.1 Å². The van der Waals surface area contributed by atoms with Crippen LogP contribution in [0, 0.1) is 13.7 Å². The lowest BCUT2D eigenvalue weighted by molar-refractivity contribution is -0.384. The highest BCUT2D eigenvalue weighted by atomic mass is 127. The van der Waals surface area contributed by atoms with Gasteiger partial charge in [-0.25, -0.2) is 9.79 Å². The minimum atomic E-state index is -0.668. The van der Waals surface area contributed by atoms with E-state index in [1.165, 1.54) is 25.3 Å². The van der Waals surface area contributed by atoms with Gasteiger partial charge in [-0.1, -0.05) is 39.7 Å². The summed E-state index contributed by atoms with van der Waals surface area (Å²) in [5, 5.41) is 11.0. The minimum absolute atomic E-state index is 0.0308. The molecule has 0 atom stereocenters. The number of halogens is 3. The molecule has 0 aliphatic carbocycles. The van der Waals surface area contributed by atoms with Gasteiger partial charge in [0, 0.05) is 16.6 Å². The molecular formula is C24H15BrClIN2O6. The van der Waals surface area contributed by atoms with Crippen LogP contribution in [0.1, 0.15) is 16.7 Å². The Morgan fingerprint density at radius 1 is 1.23 bits per heavy atom. The first kappa shape index (κ1) is 25.1. The highest BCUT2D eigenvalue weighted by Gasteiger charge is 2.27. The van der Waals surface area contributed by atoms with Crippen LogP contribution in [-0.4, -0.2) is 23.9 Å². The second-order valence-electron chi connectivity index (χ2n) is 7.21. The first-order valence-electron chi connectivity index (χ1n) is 9.97. The van der Waals surface area contributed by atoms with Crippen molar-refractivity contribution in [3.63, 3.8) is 0 Å². The van der Waals surface area contributed by atoms with Crippen molar-refractivity contribution in [3.8, 4) is 11.5 Å². The van der Waals surface area contributed by atoms with Gasteiger partial charge >= 0.3 is 5.97 Å². The van der Waals surface area contributed by atoms with Gasteiger partial charge < -0.3 is 14.2 Å². The molecule has 178 valence electrons. The maximum Gasteiger partial charge on any atom is 0.363 e. The van der Waals surface area contributed by atoms with E-state index in [2.05, 4.69) is 43.5 Å². The Morgan fingerprint density at radius 2 is 2.03 bits per heavy atom. The highest BCUT2D eigenvalue weighted by Crippen LogP contribution is 2.36. The third kappa shape index (κ3) is 5.82. The van der Waals surface area contributed by atoms with Crippen molar-refractivity contribution in [2.24, 2.45) is 4.99 Å². The van der Waals surface area contributed by atoms with Crippen LogP contribution in [-0.2, 0) is 16.1 Å². The van der Waals surface area contributed by atoms with Crippen molar-refractivity contribution in [2.75, 3.05) is 7.11 Å². The summed E-state index contributed by atoms with van der Waals surface area (Å²) in [6.45, 7) is 0.349. The summed E-state index contributed by atoms with van der Waals surface area (Å²) < 4.78 is 18.5. The van der Waals surface area contributed by atoms with E-state index in [0.29, 0.717) is 23.7 Å². The van der Waals surface area contributed by atoms with Gasteiger partial charge in [0.05, 0.1) is 26.2 Å². The Labute approximate surface area is 227 Å². The van der Waals surface area contributed by atoms with E-state index in [4.69, 9.17) is 25.8 Å². The molecular weight excluding hydrogens is 655 g/mol. The van der Waals surface area contributed by atoms with Crippen LogP contribution in [0.25, 0.3) is 6.08 Å². The molecule has 1 heterocycles. The van der Waals surface area contributed by atoms with E-state index in [0.717, 1.165) is 13.6 Å². The molecule has 0 fully saturated rings. The fourth-order valence-corrected chi connectivity index (χ4v) is 4.70. The molecule has 3 aromatic rings. The number of methoxy groups -OCH3 is 1. The fraction of sp³-hybridized carbons (Fsp3) is 0.0833. The number of nitro benzene ring substituents is 1. The van der Waals surface area contributed by atoms with E-state index < -0.39 is 10.9 Å². The fourth-order valence-electron chi connectivity index (χ4n) is 3.22. The van der Waals surface area contributed by atoms with E-state index in [1.807, 2.05) is 30.3 Å². The molecule has 0 N–H and O–H groups in total. The SMILES string of the molecule is COc1cc(C=C2N=C(c3ccc([N+](=O)[O-])cc3Cl)OC2=O)cc(I)c1OCc1cccc(Br)c1. The van der Waals surface area contributed by atoms with E-state index in [9.17, 15) is 14.9 Å². The summed E-state index contributed by atoms with van der Waals surface area (Å²) in [6.07, 6.45) is 1.55. The number of nitro groups is 1. The lowest BCUT2D eigenvalue weighted by atomic mass is 10.1. The number of carbonyl (C=O) groups excluding carboxylic acids is 1. The number of esters is 1. The second kappa shape index (κ2) is 10.8. The van der Waals surface area contributed by atoms with Crippen molar-refractivity contribution in [1.82, 2.24) is 0 Å². The second-order valence-corrected chi connectivity index (χ2v) is 9.70.